The number of anilines is 2. The van der Waals surface area contributed by atoms with Gasteiger partial charge in [-0.1, -0.05) is 0 Å². The molecular weight excluding hydrogens is 630 g/mol. The zero-order valence-corrected chi connectivity index (χ0v) is 27.7. The van der Waals surface area contributed by atoms with Crippen molar-refractivity contribution in [2.24, 2.45) is 0 Å². The van der Waals surface area contributed by atoms with Crippen LogP contribution < -0.4 is 17.2 Å². The van der Waals surface area contributed by atoms with Gasteiger partial charge in [-0.3, -0.25) is 23.2 Å². The van der Waals surface area contributed by atoms with Gasteiger partial charge in [0, 0.05) is 25.8 Å². The van der Waals surface area contributed by atoms with Crippen LogP contribution in [0.5, 0.6) is 0 Å². The van der Waals surface area contributed by atoms with E-state index in [9.17, 15) is 13.9 Å². The van der Waals surface area contributed by atoms with Gasteiger partial charge in [-0.25, -0.2) is 33.8 Å². The van der Waals surface area contributed by atoms with Crippen LogP contribution in [0, 0.1) is 0 Å². The third-order valence-corrected chi connectivity index (χ3v) is 11.1. The fourth-order valence-electron chi connectivity index (χ4n) is 5.14. The topological polar surface area (TPSA) is 215 Å². The van der Waals surface area contributed by atoms with Crippen molar-refractivity contribution < 1.29 is 27.7 Å². The average Bonchev–Trinajstić information content (AvgIpc) is 3.43. The van der Waals surface area contributed by atoms with Gasteiger partial charge in [-0.15, -0.1) is 0 Å². The third kappa shape index (κ3) is 7.44. The van der Waals surface area contributed by atoms with Crippen molar-refractivity contribution in [1.82, 2.24) is 48.0 Å². The number of rotatable bonds is 11. The van der Waals surface area contributed by atoms with Crippen molar-refractivity contribution >= 4 is 38.6 Å². The van der Waals surface area contributed by atoms with Crippen LogP contribution >= 0.6 is 15.8 Å². The van der Waals surface area contributed by atoms with Crippen molar-refractivity contribution in [2.75, 3.05) is 86.1 Å². The number of fused-ring (bicyclic) bond motifs is 1. The predicted molar refractivity (Wildman–Crippen MR) is 165 cm³/mol. The Morgan fingerprint density at radius 1 is 1.02 bits per heavy atom. The Bertz CT molecular complexity index is 1620. The van der Waals surface area contributed by atoms with E-state index in [1.165, 1.54) is 38.8 Å². The minimum absolute atomic E-state index is 0.0251. The highest BCUT2D eigenvalue weighted by Crippen LogP contribution is 2.54. The number of imidazole rings is 1. The highest BCUT2D eigenvalue weighted by atomic mass is 31.2. The zero-order valence-electron chi connectivity index (χ0n) is 25.8. The SMILES string of the molecule is CN1CC(COP(=O)(N(C)C)N2CC(CO[PH](=O)N(C)C)OC(n3cnc4c(N)ncnc43)C2)OC(n2ccc(N)nc2=O)C1. The first-order valence-electron chi connectivity index (χ1n) is 14.1. The summed E-state index contributed by atoms with van der Waals surface area (Å²) < 4.78 is 59.3. The molecule has 2 aliphatic heterocycles. The summed E-state index contributed by atoms with van der Waals surface area (Å²) in [6.07, 6.45) is 1.87. The Morgan fingerprint density at radius 3 is 2.42 bits per heavy atom. The molecule has 4 N–H and O–H groups in total. The summed E-state index contributed by atoms with van der Waals surface area (Å²) >= 11 is 0. The maximum Gasteiger partial charge on any atom is 0.351 e. The van der Waals surface area contributed by atoms with E-state index in [-0.39, 0.29) is 37.9 Å². The smallest absolute Gasteiger partial charge is 0.351 e. The van der Waals surface area contributed by atoms with Gasteiger partial charge in [0.1, 0.15) is 23.9 Å². The summed E-state index contributed by atoms with van der Waals surface area (Å²) in [6.45, 7) is 1.13. The molecule has 2 aliphatic rings. The number of ether oxygens (including phenoxy) is 2. The van der Waals surface area contributed by atoms with Crippen molar-refractivity contribution in [1.29, 1.82) is 0 Å². The molecular formula is C24H40N12O7P2. The van der Waals surface area contributed by atoms with Crippen molar-refractivity contribution in [3.63, 3.8) is 0 Å². The normalized spacial score (nSPS) is 25.6. The molecule has 5 heterocycles. The molecule has 0 radical (unpaired) electrons. The monoisotopic (exact) mass is 670 g/mol. The van der Waals surface area contributed by atoms with E-state index in [1.54, 1.807) is 37.4 Å². The number of nitrogen functional groups attached to an aromatic ring is 2. The number of nitrogens with zero attached hydrogens (tertiary/aromatic N) is 10. The molecule has 0 aromatic carbocycles. The summed E-state index contributed by atoms with van der Waals surface area (Å²) in [6, 6.07) is 1.53. The molecule has 2 saturated heterocycles. The summed E-state index contributed by atoms with van der Waals surface area (Å²) in [5.74, 6) is 0.333. The van der Waals surface area contributed by atoms with Crippen LogP contribution in [0.15, 0.2) is 29.7 Å². The van der Waals surface area contributed by atoms with Crippen molar-refractivity contribution in [3.05, 3.63) is 35.4 Å². The predicted octanol–water partition coefficient (Wildman–Crippen LogP) is -0.0696. The maximum atomic E-state index is 14.7. The molecule has 2 fully saturated rings. The Labute approximate surface area is 260 Å². The standard InChI is InChI=1S/C24H40N12O7P2/c1-31(2)44(38)40-12-17-9-34(11-20(43-17)36-15-29-21-22(26)27-14-28-23(21)36)45(39,32(3)4)41-13-16-8-33(5)10-19(42-16)35-7-6-18(25)30-24(35)37/h6-7,14-17,19-20,44H,8-13H2,1-5H3,(H2,25,30,37)(H2,26,27,28). The Balaban J connectivity index is 1.37. The molecule has 3 aromatic heterocycles. The van der Waals surface area contributed by atoms with E-state index < -0.39 is 46.2 Å². The largest absolute Gasteiger partial charge is 0.383 e. The molecule has 0 aliphatic carbocycles. The minimum atomic E-state index is -3.71. The third-order valence-electron chi connectivity index (χ3n) is 7.37. The molecule has 248 valence electrons. The average molecular weight is 671 g/mol. The van der Waals surface area contributed by atoms with E-state index in [1.807, 2.05) is 11.9 Å². The van der Waals surface area contributed by atoms with Gasteiger partial charge in [0.15, 0.2) is 17.7 Å². The first kappa shape index (κ1) is 33.5. The van der Waals surface area contributed by atoms with Crippen LogP contribution in [-0.4, -0.2) is 135 Å². The number of morpholine rings is 2. The van der Waals surface area contributed by atoms with Gasteiger partial charge in [-0.2, -0.15) is 4.98 Å². The molecule has 6 unspecified atom stereocenters. The molecule has 3 aromatic rings. The van der Waals surface area contributed by atoms with Crippen LogP contribution in [0.25, 0.3) is 11.2 Å². The molecule has 0 spiro atoms. The molecule has 19 nitrogen and oxygen atoms in total. The lowest BCUT2D eigenvalue weighted by Gasteiger charge is -2.43. The van der Waals surface area contributed by atoms with Gasteiger partial charge in [0.25, 0.3) is 8.18 Å². The molecule has 6 atom stereocenters. The number of hydrogen-bond acceptors (Lipinski definition) is 14. The summed E-state index contributed by atoms with van der Waals surface area (Å²) in [5.41, 5.74) is 12.0. The molecule has 45 heavy (non-hydrogen) atoms. The van der Waals surface area contributed by atoms with E-state index in [0.717, 1.165) is 0 Å². The minimum Gasteiger partial charge on any atom is -0.383 e. The van der Waals surface area contributed by atoms with Crippen LogP contribution in [-0.2, 0) is 27.7 Å². The Kier molecular flexibility index (Phi) is 10.3. The fourth-order valence-corrected chi connectivity index (χ4v) is 7.72. The Morgan fingerprint density at radius 2 is 1.73 bits per heavy atom. The lowest BCUT2D eigenvalue weighted by Crippen LogP contribution is -2.49. The Hall–Kier alpha value is -2.83. The molecule has 0 saturated carbocycles. The second kappa shape index (κ2) is 13.9. The zero-order chi connectivity index (χ0) is 32.5. The number of likely N-dealkylation sites (N-methyl/N-ethyl adjacent to an activating group) is 1. The van der Waals surface area contributed by atoms with Gasteiger partial charge < -0.3 is 30.0 Å². The van der Waals surface area contributed by atoms with Gasteiger partial charge in [0.05, 0.1) is 38.3 Å². The quantitative estimate of drug-likeness (QED) is 0.255. The first-order chi connectivity index (χ1) is 21.4. The number of hydrogen-bond donors (Lipinski definition) is 2. The molecule has 21 heteroatoms. The lowest BCUT2D eigenvalue weighted by molar-refractivity contribution is -0.132. The second-order valence-corrected chi connectivity index (χ2v) is 15.6. The highest BCUT2D eigenvalue weighted by molar-refractivity contribution is 7.53. The summed E-state index contributed by atoms with van der Waals surface area (Å²) in [7, 11) is 2.34. The van der Waals surface area contributed by atoms with Gasteiger partial charge >= 0.3 is 13.4 Å². The molecule has 5 rings (SSSR count). The lowest BCUT2D eigenvalue weighted by atomic mass is 10.3. The van der Waals surface area contributed by atoms with E-state index in [0.29, 0.717) is 24.3 Å². The highest BCUT2D eigenvalue weighted by Gasteiger charge is 2.43. The van der Waals surface area contributed by atoms with Gasteiger partial charge in [0.2, 0.25) is 0 Å². The van der Waals surface area contributed by atoms with Gasteiger partial charge in [-0.05, 0) is 41.3 Å². The van der Waals surface area contributed by atoms with E-state index in [2.05, 4.69) is 19.9 Å². The number of aromatic nitrogens is 6. The van der Waals surface area contributed by atoms with Crippen LogP contribution in [0.4, 0.5) is 11.6 Å². The number of nitrogens with two attached hydrogens (primary N) is 2. The summed E-state index contributed by atoms with van der Waals surface area (Å²) in [5, 5.41) is 0. The summed E-state index contributed by atoms with van der Waals surface area (Å²) in [4.78, 5) is 30.9. The fraction of sp³-hybridized carbons (Fsp3) is 0.625. The first-order valence-corrected chi connectivity index (χ1v) is 16.9. The maximum absolute atomic E-state index is 14.7. The molecule has 0 amide bonds. The van der Waals surface area contributed by atoms with Crippen LogP contribution in [0.2, 0.25) is 0 Å². The van der Waals surface area contributed by atoms with Crippen molar-refractivity contribution in [3.8, 4) is 0 Å². The van der Waals surface area contributed by atoms with E-state index in [4.69, 9.17) is 30.0 Å². The molecule has 0 bridgehead atoms. The van der Waals surface area contributed by atoms with Crippen molar-refractivity contribution in [2.45, 2.75) is 24.7 Å². The van der Waals surface area contributed by atoms with Crippen LogP contribution in [0.3, 0.4) is 0 Å². The second-order valence-electron chi connectivity index (χ2n) is 11.2. The van der Waals surface area contributed by atoms with E-state index >= 15 is 0 Å². The van der Waals surface area contributed by atoms with Crippen LogP contribution in [0.1, 0.15) is 12.5 Å².